The first-order valence-electron chi connectivity index (χ1n) is 9.52. The standard InChI is InChI=1S/C25H21NO3/c27-25(28)18-14-21-13-17-24(19-7-3-1-4-8-19)26(21)20-11-15-23(16-12-20)29-22-9-5-2-6-10-22/h1-13,15-17H,14,18H2,(H,27,28). The molecular weight excluding hydrogens is 362 g/mol. The highest BCUT2D eigenvalue weighted by molar-refractivity contribution is 5.68. The first-order chi connectivity index (χ1) is 14.2. The zero-order chi connectivity index (χ0) is 20.1. The molecule has 4 rings (SSSR count). The molecule has 144 valence electrons. The van der Waals surface area contributed by atoms with Crippen molar-refractivity contribution in [3.63, 3.8) is 0 Å². The van der Waals surface area contributed by atoms with Crippen LogP contribution < -0.4 is 4.74 Å². The Morgan fingerprint density at radius 1 is 0.759 bits per heavy atom. The van der Waals surface area contributed by atoms with Gasteiger partial charge in [0.15, 0.2) is 0 Å². The second-order valence-electron chi connectivity index (χ2n) is 6.71. The highest BCUT2D eigenvalue weighted by Gasteiger charge is 2.13. The molecule has 29 heavy (non-hydrogen) atoms. The summed E-state index contributed by atoms with van der Waals surface area (Å²) in [4.78, 5) is 11.1. The van der Waals surface area contributed by atoms with Gasteiger partial charge in [0.25, 0.3) is 0 Å². The Balaban J connectivity index is 1.68. The maximum absolute atomic E-state index is 11.1. The summed E-state index contributed by atoms with van der Waals surface area (Å²) < 4.78 is 8.00. The molecule has 1 N–H and O–H groups in total. The lowest BCUT2D eigenvalue weighted by atomic mass is 10.1. The Hall–Kier alpha value is -3.79. The molecule has 1 aromatic heterocycles. The Kier molecular flexibility index (Phi) is 5.43. The Morgan fingerprint density at radius 3 is 2.03 bits per heavy atom. The number of benzene rings is 3. The number of aliphatic carboxylic acids is 1. The Bertz CT molecular complexity index is 1080. The molecule has 4 aromatic rings. The van der Waals surface area contributed by atoms with E-state index in [0.29, 0.717) is 6.42 Å². The van der Waals surface area contributed by atoms with E-state index in [0.717, 1.165) is 34.1 Å². The maximum Gasteiger partial charge on any atom is 0.303 e. The van der Waals surface area contributed by atoms with Gasteiger partial charge in [0.05, 0.1) is 12.1 Å². The minimum Gasteiger partial charge on any atom is -0.481 e. The van der Waals surface area contributed by atoms with Gasteiger partial charge in [0.1, 0.15) is 11.5 Å². The van der Waals surface area contributed by atoms with Crippen molar-refractivity contribution in [3.05, 3.63) is 103 Å². The van der Waals surface area contributed by atoms with Crippen molar-refractivity contribution < 1.29 is 14.6 Å². The molecule has 0 aliphatic heterocycles. The topological polar surface area (TPSA) is 51.5 Å². The SMILES string of the molecule is O=C(O)CCc1ccc(-c2ccccc2)n1-c1ccc(Oc2ccccc2)cc1. The highest BCUT2D eigenvalue weighted by atomic mass is 16.5. The summed E-state index contributed by atoms with van der Waals surface area (Å²) in [7, 11) is 0. The van der Waals surface area contributed by atoms with Crippen LogP contribution in [0.25, 0.3) is 16.9 Å². The van der Waals surface area contributed by atoms with Crippen LogP contribution in [-0.4, -0.2) is 15.6 Å². The van der Waals surface area contributed by atoms with E-state index >= 15 is 0 Å². The third-order valence-electron chi connectivity index (χ3n) is 4.70. The molecule has 3 aromatic carbocycles. The molecular formula is C25H21NO3. The average molecular weight is 383 g/mol. The van der Waals surface area contributed by atoms with Crippen molar-refractivity contribution in [2.45, 2.75) is 12.8 Å². The van der Waals surface area contributed by atoms with Crippen LogP contribution in [0.3, 0.4) is 0 Å². The van der Waals surface area contributed by atoms with E-state index in [-0.39, 0.29) is 6.42 Å². The number of aromatic nitrogens is 1. The van der Waals surface area contributed by atoms with Gasteiger partial charge in [-0.25, -0.2) is 0 Å². The fourth-order valence-corrected chi connectivity index (χ4v) is 3.34. The number of carbonyl (C=O) groups is 1. The van der Waals surface area contributed by atoms with Crippen LogP contribution in [0.4, 0.5) is 0 Å². The van der Waals surface area contributed by atoms with Gasteiger partial charge in [-0.3, -0.25) is 4.79 Å². The number of ether oxygens (including phenoxy) is 1. The molecule has 0 aliphatic rings. The van der Waals surface area contributed by atoms with E-state index in [2.05, 4.69) is 16.7 Å². The number of nitrogens with zero attached hydrogens (tertiary/aromatic N) is 1. The normalized spacial score (nSPS) is 10.6. The molecule has 0 fully saturated rings. The average Bonchev–Trinajstić information content (AvgIpc) is 3.18. The molecule has 0 spiro atoms. The van der Waals surface area contributed by atoms with Crippen LogP contribution in [0, 0.1) is 0 Å². The predicted molar refractivity (Wildman–Crippen MR) is 114 cm³/mol. The molecule has 4 heteroatoms. The molecule has 4 nitrogen and oxygen atoms in total. The van der Waals surface area contributed by atoms with Crippen molar-refractivity contribution in [2.75, 3.05) is 0 Å². The van der Waals surface area contributed by atoms with Gasteiger partial charge in [-0.15, -0.1) is 0 Å². The molecule has 0 bridgehead atoms. The fourth-order valence-electron chi connectivity index (χ4n) is 3.34. The molecule has 1 heterocycles. The second-order valence-corrected chi connectivity index (χ2v) is 6.71. The molecule has 0 saturated carbocycles. The van der Waals surface area contributed by atoms with Crippen LogP contribution in [0.1, 0.15) is 12.1 Å². The monoisotopic (exact) mass is 383 g/mol. The first-order valence-corrected chi connectivity index (χ1v) is 9.52. The summed E-state index contributed by atoms with van der Waals surface area (Å²) in [5.74, 6) is 0.736. The quantitative estimate of drug-likeness (QED) is 0.429. The molecule has 0 unspecified atom stereocenters. The van der Waals surface area contributed by atoms with E-state index in [1.807, 2.05) is 84.9 Å². The first kappa shape index (κ1) is 18.6. The number of para-hydroxylation sites is 1. The third kappa shape index (κ3) is 4.38. The summed E-state index contributed by atoms with van der Waals surface area (Å²) in [5.41, 5.74) is 4.04. The lowest BCUT2D eigenvalue weighted by molar-refractivity contribution is -0.136. The number of hydrogen-bond acceptors (Lipinski definition) is 2. The highest BCUT2D eigenvalue weighted by Crippen LogP contribution is 2.29. The van der Waals surface area contributed by atoms with Gasteiger partial charge >= 0.3 is 5.97 Å². The molecule has 0 radical (unpaired) electrons. The third-order valence-corrected chi connectivity index (χ3v) is 4.70. The van der Waals surface area contributed by atoms with Gasteiger partial charge in [-0.1, -0.05) is 48.5 Å². The van der Waals surface area contributed by atoms with Gasteiger partial charge < -0.3 is 14.4 Å². The summed E-state index contributed by atoms with van der Waals surface area (Å²) >= 11 is 0. The fraction of sp³-hybridized carbons (Fsp3) is 0.0800. The Labute approximate surface area is 169 Å². The zero-order valence-electron chi connectivity index (χ0n) is 15.9. The molecule has 0 aliphatic carbocycles. The number of carboxylic acid groups (broad SMARTS) is 1. The number of hydrogen-bond donors (Lipinski definition) is 1. The van der Waals surface area contributed by atoms with Gasteiger partial charge in [0, 0.05) is 11.4 Å². The van der Waals surface area contributed by atoms with Crippen molar-refractivity contribution in [2.24, 2.45) is 0 Å². The van der Waals surface area contributed by atoms with Crippen molar-refractivity contribution in [1.82, 2.24) is 4.57 Å². The second kappa shape index (κ2) is 8.48. The van der Waals surface area contributed by atoms with Crippen LogP contribution in [-0.2, 0) is 11.2 Å². The lowest BCUT2D eigenvalue weighted by Crippen LogP contribution is -2.05. The van der Waals surface area contributed by atoms with Crippen molar-refractivity contribution in [1.29, 1.82) is 0 Å². The summed E-state index contributed by atoms with van der Waals surface area (Å²) in [5, 5.41) is 9.11. The zero-order valence-corrected chi connectivity index (χ0v) is 15.9. The predicted octanol–water partition coefficient (Wildman–Crippen LogP) is 5.95. The van der Waals surface area contributed by atoms with Crippen LogP contribution in [0.5, 0.6) is 11.5 Å². The summed E-state index contributed by atoms with van der Waals surface area (Å²) in [6, 6.07) is 31.6. The summed E-state index contributed by atoms with van der Waals surface area (Å²) in [6.45, 7) is 0. The van der Waals surface area contributed by atoms with Gasteiger partial charge in [-0.2, -0.15) is 0 Å². The minimum atomic E-state index is -0.800. The number of aryl methyl sites for hydroxylation is 1. The largest absolute Gasteiger partial charge is 0.481 e. The van der Waals surface area contributed by atoms with E-state index < -0.39 is 5.97 Å². The maximum atomic E-state index is 11.1. The van der Waals surface area contributed by atoms with Crippen LogP contribution in [0.15, 0.2) is 97.1 Å². The molecule has 0 amide bonds. The smallest absolute Gasteiger partial charge is 0.303 e. The van der Waals surface area contributed by atoms with Crippen molar-refractivity contribution >= 4 is 5.97 Å². The number of rotatable bonds is 7. The van der Waals surface area contributed by atoms with Crippen LogP contribution in [0.2, 0.25) is 0 Å². The van der Waals surface area contributed by atoms with E-state index in [9.17, 15) is 4.79 Å². The van der Waals surface area contributed by atoms with E-state index in [1.165, 1.54) is 0 Å². The van der Waals surface area contributed by atoms with E-state index in [4.69, 9.17) is 9.84 Å². The van der Waals surface area contributed by atoms with Gasteiger partial charge in [0.2, 0.25) is 0 Å². The molecule has 0 saturated heterocycles. The lowest BCUT2D eigenvalue weighted by Gasteiger charge is -2.15. The summed E-state index contributed by atoms with van der Waals surface area (Å²) in [6.07, 6.45) is 0.553. The number of carboxylic acids is 1. The van der Waals surface area contributed by atoms with Crippen molar-refractivity contribution in [3.8, 4) is 28.4 Å². The van der Waals surface area contributed by atoms with E-state index in [1.54, 1.807) is 0 Å². The van der Waals surface area contributed by atoms with Crippen LogP contribution >= 0.6 is 0 Å². The minimum absolute atomic E-state index is 0.0907. The van der Waals surface area contributed by atoms with Gasteiger partial charge in [-0.05, 0) is 60.5 Å². The molecule has 0 atom stereocenters. The Morgan fingerprint density at radius 2 is 1.38 bits per heavy atom.